The topological polar surface area (TPSA) is 81.7 Å². The molecule has 2 aliphatic heterocycles. The highest BCUT2D eigenvalue weighted by Gasteiger charge is 2.73. The molecule has 3 heterocycles. The molecule has 3 aromatic carbocycles. The molecule has 6 nitrogen and oxygen atoms in total. The number of aromatic nitrogens is 1. The molecule has 1 saturated heterocycles. The van der Waals surface area contributed by atoms with E-state index in [0.717, 1.165) is 49.5 Å². The van der Waals surface area contributed by atoms with Gasteiger partial charge in [-0.05, 0) is 67.1 Å². The Morgan fingerprint density at radius 3 is 2.80 bits per heavy atom. The van der Waals surface area contributed by atoms with Crippen LogP contribution in [0.25, 0.3) is 21.7 Å². The van der Waals surface area contributed by atoms with Gasteiger partial charge in [0.15, 0.2) is 17.6 Å². The third kappa shape index (κ3) is 2.71. The molecule has 0 amide bonds. The maximum absolute atomic E-state index is 13.2. The monoisotopic (exact) mass is 531 g/mol. The molecule has 1 spiro atoms. The molecule has 4 aromatic rings. The van der Waals surface area contributed by atoms with Gasteiger partial charge in [0.25, 0.3) is 0 Å². The van der Waals surface area contributed by atoms with E-state index >= 15 is 0 Å². The standard InChI is InChI=1S/C34H33N3O3/c35-14-3-4-15-37-29-23-6-2-1-5-21(23)9-11-24(29)25-18-34(39)27-17-22-10-12-26(38)31-28(22)33(34,32(40-31)30(25)37)13-16-36(27)19-20-7-8-20/h1-2,5-6,9-12,20,27,32,38-39H,3-4,7-8,13,15-19H2/t27-,32?,33+,34?/m1/s1. The highest BCUT2D eigenvalue weighted by atomic mass is 16.5. The summed E-state index contributed by atoms with van der Waals surface area (Å²) in [7, 11) is 0. The van der Waals surface area contributed by atoms with Gasteiger partial charge in [0.1, 0.15) is 0 Å². The Bertz CT molecular complexity index is 1780. The lowest BCUT2D eigenvalue weighted by Crippen LogP contribution is -2.74. The van der Waals surface area contributed by atoms with E-state index in [1.807, 2.05) is 0 Å². The van der Waals surface area contributed by atoms with Crippen LogP contribution in [0.4, 0.5) is 0 Å². The predicted molar refractivity (Wildman–Crippen MR) is 153 cm³/mol. The van der Waals surface area contributed by atoms with Gasteiger partial charge in [-0.3, -0.25) is 4.90 Å². The number of phenols is 1. The zero-order chi connectivity index (χ0) is 26.8. The third-order valence-corrected chi connectivity index (χ3v) is 11.0. The fourth-order valence-electron chi connectivity index (χ4n) is 9.17. The van der Waals surface area contributed by atoms with Crippen molar-refractivity contribution in [3.8, 4) is 17.6 Å². The van der Waals surface area contributed by atoms with Crippen LogP contribution in [0.5, 0.6) is 11.5 Å². The van der Waals surface area contributed by atoms with E-state index in [9.17, 15) is 15.5 Å². The smallest absolute Gasteiger partial charge is 0.166 e. The lowest BCUT2D eigenvalue weighted by atomic mass is 9.49. The molecule has 2 unspecified atom stereocenters. The van der Waals surface area contributed by atoms with Gasteiger partial charge in [-0.25, -0.2) is 0 Å². The number of nitrogens with zero attached hydrogens (tertiary/aromatic N) is 3. The van der Waals surface area contributed by atoms with Crippen LogP contribution >= 0.6 is 0 Å². The second-order valence-corrected chi connectivity index (χ2v) is 12.9. The number of unbranched alkanes of at least 4 members (excludes halogenated alkanes) is 1. The van der Waals surface area contributed by atoms with Gasteiger partial charge in [0, 0.05) is 48.3 Å². The molecule has 3 aliphatic carbocycles. The van der Waals surface area contributed by atoms with Crippen LogP contribution in [0, 0.1) is 17.2 Å². The fraction of sp³-hybridized carbons (Fsp3) is 0.441. The first-order valence-corrected chi connectivity index (χ1v) is 14.9. The molecular weight excluding hydrogens is 498 g/mol. The van der Waals surface area contributed by atoms with Crippen LogP contribution in [-0.4, -0.2) is 44.4 Å². The van der Waals surface area contributed by atoms with E-state index < -0.39 is 11.0 Å². The summed E-state index contributed by atoms with van der Waals surface area (Å²) in [5.41, 5.74) is 4.14. The van der Waals surface area contributed by atoms with E-state index in [-0.39, 0.29) is 17.9 Å². The van der Waals surface area contributed by atoms with Crippen molar-refractivity contribution in [2.45, 2.75) is 74.7 Å². The molecule has 5 aliphatic rings. The van der Waals surface area contributed by atoms with Crippen LogP contribution in [0.15, 0.2) is 48.5 Å². The molecule has 1 saturated carbocycles. The Balaban J connectivity index is 1.35. The van der Waals surface area contributed by atoms with Crippen molar-refractivity contribution in [3.05, 3.63) is 70.9 Å². The number of fused-ring (bicyclic) bond motifs is 6. The highest BCUT2D eigenvalue weighted by molar-refractivity contribution is 6.08. The minimum atomic E-state index is -0.999. The first-order chi connectivity index (χ1) is 19.5. The van der Waals surface area contributed by atoms with Gasteiger partial charge < -0.3 is 19.5 Å². The number of nitriles is 1. The average Bonchev–Trinajstić information content (AvgIpc) is 3.63. The number of aliphatic hydroxyl groups is 1. The van der Waals surface area contributed by atoms with Crippen molar-refractivity contribution >= 4 is 21.7 Å². The van der Waals surface area contributed by atoms with Gasteiger partial charge in [-0.2, -0.15) is 5.26 Å². The average molecular weight is 532 g/mol. The molecule has 2 fully saturated rings. The molecule has 2 bridgehead atoms. The second kappa shape index (κ2) is 7.81. The Hall–Kier alpha value is -3.53. The summed E-state index contributed by atoms with van der Waals surface area (Å²) in [5.74, 6) is 1.49. The van der Waals surface area contributed by atoms with E-state index in [2.05, 4.69) is 58.0 Å². The van der Waals surface area contributed by atoms with Crippen LogP contribution in [0.3, 0.4) is 0 Å². The van der Waals surface area contributed by atoms with Crippen LogP contribution in [0.1, 0.15) is 60.6 Å². The van der Waals surface area contributed by atoms with Crippen molar-refractivity contribution in [1.82, 2.24) is 9.47 Å². The van der Waals surface area contributed by atoms with Crippen molar-refractivity contribution in [2.24, 2.45) is 5.92 Å². The van der Waals surface area contributed by atoms with Gasteiger partial charge in [-0.1, -0.05) is 42.5 Å². The second-order valence-electron chi connectivity index (χ2n) is 12.9. The molecule has 0 radical (unpaired) electrons. The lowest BCUT2D eigenvalue weighted by molar-refractivity contribution is -0.173. The summed E-state index contributed by atoms with van der Waals surface area (Å²) in [6.07, 6.45) is 5.60. The molecule has 40 heavy (non-hydrogen) atoms. The molecule has 6 heteroatoms. The number of hydrogen-bond acceptors (Lipinski definition) is 5. The van der Waals surface area contributed by atoms with Gasteiger partial charge in [-0.15, -0.1) is 0 Å². The predicted octanol–water partition coefficient (Wildman–Crippen LogP) is 5.50. The molecule has 2 N–H and O–H groups in total. The van der Waals surface area contributed by atoms with Gasteiger partial charge in [0.05, 0.1) is 28.3 Å². The zero-order valence-electron chi connectivity index (χ0n) is 22.6. The molecule has 202 valence electrons. The van der Waals surface area contributed by atoms with Crippen molar-refractivity contribution in [1.29, 1.82) is 5.26 Å². The Labute approximate surface area is 233 Å². The summed E-state index contributed by atoms with van der Waals surface area (Å²) in [6.45, 7) is 2.71. The van der Waals surface area contributed by atoms with Crippen molar-refractivity contribution < 1.29 is 14.9 Å². The molecular formula is C34H33N3O3. The van der Waals surface area contributed by atoms with Crippen molar-refractivity contribution in [2.75, 3.05) is 13.1 Å². The number of rotatable bonds is 5. The first-order valence-electron chi connectivity index (χ1n) is 14.9. The number of piperidine rings is 1. The van der Waals surface area contributed by atoms with Crippen LogP contribution < -0.4 is 4.74 Å². The number of aromatic hydroxyl groups is 1. The van der Waals surface area contributed by atoms with E-state index in [0.29, 0.717) is 25.1 Å². The number of benzene rings is 3. The summed E-state index contributed by atoms with van der Waals surface area (Å²) >= 11 is 0. The zero-order valence-corrected chi connectivity index (χ0v) is 22.6. The van der Waals surface area contributed by atoms with Gasteiger partial charge >= 0.3 is 0 Å². The fourth-order valence-corrected chi connectivity index (χ4v) is 9.17. The SMILES string of the molecule is N#CCCCn1c2c(c3ccc4ccccc4c31)CC1(O)[C@H]3Cc4ccc(O)c5c4[C@@]1(CCN3CC1CC1)C2O5. The maximum atomic E-state index is 13.2. The Morgan fingerprint density at radius 1 is 1.07 bits per heavy atom. The number of hydrogen-bond donors (Lipinski definition) is 2. The third-order valence-electron chi connectivity index (χ3n) is 11.0. The molecule has 4 atom stereocenters. The van der Waals surface area contributed by atoms with E-state index in [1.54, 1.807) is 6.07 Å². The number of likely N-dealkylation sites (tertiary alicyclic amines) is 1. The minimum absolute atomic E-state index is 0.0153. The highest BCUT2D eigenvalue weighted by Crippen LogP contribution is 2.69. The van der Waals surface area contributed by atoms with Gasteiger partial charge in [0.2, 0.25) is 0 Å². The Morgan fingerprint density at radius 2 is 1.95 bits per heavy atom. The summed E-state index contributed by atoms with van der Waals surface area (Å²) in [4.78, 5) is 2.58. The summed E-state index contributed by atoms with van der Waals surface area (Å²) in [5, 5.41) is 37.2. The molecule has 1 aromatic heterocycles. The maximum Gasteiger partial charge on any atom is 0.166 e. The van der Waals surface area contributed by atoms with E-state index in [1.165, 1.54) is 45.6 Å². The lowest BCUT2D eigenvalue weighted by Gasteiger charge is -2.63. The number of phenolic OH excluding ortho intramolecular Hbond substituents is 1. The molecule has 9 rings (SSSR count). The van der Waals surface area contributed by atoms with Crippen molar-refractivity contribution in [3.63, 3.8) is 0 Å². The van der Waals surface area contributed by atoms with Crippen LogP contribution in [-0.2, 0) is 24.8 Å². The quantitative estimate of drug-likeness (QED) is 0.332. The first kappa shape index (κ1) is 23.2. The van der Waals surface area contributed by atoms with E-state index in [4.69, 9.17) is 4.74 Å². The van der Waals surface area contributed by atoms with Crippen LogP contribution in [0.2, 0.25) is 0 Å². The summed E-state index contributed by atoms with van der Waals surface area (Å²) in [6, 6.07) is 19.1. The minimum Gasteiger partial charge on any atom is -0.504 e. The normalized spacial score (nSPS) is 29.7. The largest absolute Gasteiger partial charge is 0.504 e. The number of ether oxygens (including phenoxy) is 1. The Kier molecular flexibility index (Phi) is 4.53. The number of aryl methyl sites for hydroxylation is 1. The summed E-state index contributed by atoms with van der Waals surface area (Å²) < 4.78 is 9.31.